The zero-order valence-corrected chi connectivity index (χ0v) is 18.2. The van der Waals surface area contributed by atoms with Gasteiger partial charge < -0.3 is 14.2 Å². The Hall–Kier alpha value is -4.20. The van der Waals surface area contributed by atoms with Crippen LogP contribution in [0.1, 0.15) is 40.1 Å². The average Bonchev–Trinajstić information content (AvgIpc) is 2.82. The third-order valence-corrected chi connectivity index (χ3v) is 4.36. The second-order valence-corrected chi connectivity index (χ2v) is 6.69. The molecule has 0 aliphatic heterocycles. The van der Waals surface area contributed by atoms with Gasteiger partial charge in [0.2, 0.25) is 0 Å². The van der Waals surface area contributed by atoms with Crippen molar-refractivity contribution in [3.63, 3.8) is 0 Å². The van der Waals surface area contributed by atoms with Gasteiger partial charge in [-0.15, -0.1) is 0 Å². The molecule has 0 aromatic heterocycles. The van der Waals surface area contributed by atoms with Gasteiger partial charge in [0, 0.05) is 5.56 Å². The first kappa shape index (κ1) is 23.5. The van der Waals surface area contributed by atoms with Gasteiger partial charge in [-0.25, -0.2) is 14.6 Å². The number of hydrogen-bond acceptors (Lipinski definition) is 6. The summed E-state index contributed by atoms with van der Waals surface area (Å²) in [5.41, 5.74) is 3.63. The van der Waals surface area contributed by atoms with Crippen LogP contribution in [0.3, 0.4) is 0 Å². The van der Waals surface area contributed by atoms with Crippen molar-refractivity contribution in [3.05, 3.63) is 89.2 Å². The van der Waals surface area contributed by atoms with E-state index in [1.165, 1.54) is 30.5 Å². The van der Waals surface area contributed by atoms with E-state index in [0.29, 0.717) is 35.8 Å². The molecule has 0 unspecified atom stereocenters. The number of ether oxygens (including phenoxy) is 3. The third kappa shape index (κ3) is 6.64. The fraction of sp³-hybridized carbons (Fsp3) is 0.160. The molecular weight excluding hydrogens is 427 g/mol. The lowest BCUT2D eigenvalue weighted by Crippen LogP contribution is -2.17. The van der Waals surface area contributed by atoms with Crippen molar-refractivity contribution in [2.24, 2.45) is 5.10 Å². The molecule has 0 fully saturated rings. The summed E-state index contributed by atoms with van der Waals surface area (Å²) in [6, 6.07) is 16.6. The molecule has 33 heavy (non-hydrogen) atoms. The second kappa shape index (κ2) is 11.4. The molecule has 0 spiro atoms. The number of halogens is 1. The van der Waals surface area contributed by atoms with E-state index in [2.05, 4.69) is 10.5 Å². The number of hydrogen-bond donors (Lipinski definition) is 1. The number of benzene rings is 3. The molecule has 3 rings (SSSR count). The number of rotatable bonds is 9. The summed E-state index contributed by atoms with van der Waals surface area (Å²) < 4.78 is 29.4. The Morgan fingerprint density at radius 3 is 2.21 bits per heavy atom. The Bertz CT molecular complexity index is 1130. The maximum Gasteiger partial charge on any atom is 0.343 e. The Kier molecular flexibility index (Phi) is 8.13. The maximum absolute atomic E-state index is 13.0. The summed E-state index contributed by atoms with van der Waals surface area (Å²) in [5.74, 6) is -0.168. The van der Waals surface area contributed by atoms with Crippen LogP contribution < -0.4 is 19.6 Å². The van der Waals surface area contributed by atoms with Crippen LogP contribution in [0.25, 0.3) is 0 Å². The van der Waals surface area contributed by atoms with E-state index < -0.39 is 17.7 Å². The SMILES string of the molecule is CCOc1ccc(C(=O)Oc2ccc(/C=N\NC(=O)c3ccc(F)cc3)cc2OCC)cc1. The zero-order chi connectivity index (χ0) is 23.6. The summed E-state index contributed by atoms with van der Waals surface area (Å²) in [4.78, 5) is 24.6. The topological polar surface area (TPSA) is 86.2 Å². The average molecular weight is 450 g/mol. The lowest BCUT2D eigenvalue weighted by molar-refractivity contribution is 0.0728. The molecule has 170 valence electrons. The highest BCUT2D eigenvalue weighted by Gasteiger charge is 2.13. The highest BCUT2D eigenvalue weighted by molar-refractivity contribution is 5.95. The van der Waals surface area contributed by atoms with E-state index in [0.717, 1.165) is 0 Å². The van der Waals surface area contributed by atoms with Gasteiger partial charge in [-0.2, -0.15) is 5.10 Å². The molecule has 8 heteroatoms. The number of hydrazone groups is 1. The van der Waals surface area contributed by atoms with Gasteiger partial charge in [-0.1, -0.05) is 0 Å². The van der Waals surface area contributed by atoms with Crippen molar-refractivity contribution in [1.82, 2.24) is 5.43 Å². The van der Waals surface area contributed by atoms with Gasteiger partial charge in [0.25, 0.3) is 5.91 Å². The minimum Gasteiger partial charge on any atom is -0.494 e. The molecule has 0 atom stereocenters. The first-order valence-corrected chi connectivity index (χ1v) is 10.3. The molecule has 1 N–H and O–H groups in total. The molecule has 7 nitrogen and oxygen atoms in total. The van der Waals surface area contributed by atoms with E-state index in [9.17, 15) is 14.0 Å². The van der Waals surface area contributed by atoms with Gasteiger partial charge in [-0.05, 0) is 86.1 Å². The number of nitrogens with zero attached hydrogens (tertiary/aromatic N) is 1. The maximum atomic E-state index is 13.0. The molecule has 0 bridgehead atoms. The minimum absolute atomic E-state index is 0.253. The first-order valence-electron chi connectivity index (χ1n) is 10.3. The summed E-state index contributed by atoms with van der Waals surface area (Å²) >= 11 is 0. The Morgan fingerprint density at radius 2 is 1.55 bits per heavy atom. The van der Waals surface area contributed by atoms with Gasteiger partial charge in [-0.3, -0.25) is 4.79 Å². The van der Waals surface area contributed by atoms with Crippen molar-refractivity contribution in [1.29, 1.82) is 0 Å². The Balaban J connectivity index is 1.67. The van der Waals surface area contributed by atoms with E-state index in [1.807, 2.05) is 13.8 Å². The quantitative estimate of drug-likeness (QED) is 0.223. The number of carbonyl (C=O) groups is 2. The summed E-state index contributed by atoms with van der Waals surface area (Å²) in [7, 11) is 0. The lowest BCUT2D eigenvalue weighted by atomic mass is 10.2. The standard InChI is InChI=1S/C25H23FN2O5/c1-3-31-21-12-8-19(9-13-21)25(30)33-22-14-5-17(15-23(22)32-4-2)16-27-28-24(29)18-6-10-20(26)11-7-18/h5-16H,3-4H2,1-2H3,(H,28,29)/b27-16-. The smallest absolute Gasteiger partial charge is 0.343 e. The van der Waals surface area contributed by atoms with Gasteiger partial charge in [0.05, 0.1) is 25.0 Å². The molecule has 0 heterocycles. The van der Waals surface area contributed by atoms with E-state index >= 15 is 0 Å². The predicted octanol–water partition coefficient (Wildman–Crippen LogP) is 4.61. The number of nitrogens with one attached hydrogen (secondary N) is 1. The fourth-order valence-electron chi connectivity index (χ4n) is 2.80. The molecule has 0 radical (unpaired) electrons. The highest BCUT2D eigenvalue weighted by atomic mass is 19.1. The highest BCUT2D eigenvalue weighted by Crippen LogP contribution is 2.29. The summed E-state index contributed by atoms with van der Waals surface area (Å²) in [5, 5.41) is 3.91. The minimum atomic E-state index is -0.535. The van der Waals surface area contributed by atoms with Crippen molar-refractivity contribution >= 4 is 18.1 Å². The molecule has 1 amide bonds. The van der Waals surface area contributed by atoms with Gasteiger partial charge in [0.15, 0.2) is 11.5 Å². The normalized spacial score (nSPS) is 10.6. The van der Waals surface area contributed by atoms with Crippen LogP contribution in [-0.2, 0) is 0 Å². The Morgan fingerprint density at radius 1 is 0.879 bits per heavy atom. The van der Waals surface area contributed by atoms with Gasteiger partial charge in [0.1, 0.15) is 11.6 Å². The molecule has 0 aliphatic rings. The third-order valence-electron chi connectivity index (χ3n) is 4.36. The second-order valence-electron chi connectivity index (χ2n) is 6.69. The van der Waals surface area contributed by atoms with Gasteiger partial charge >= 0.3 is 5.97 Å². The van der Waals surface area contributed by atoms with Crippen LogP contribution >= 0.6 is 0 Å². The molecule has 3 aromatic carbocycles. The van der Waals surface area contributed by atoms with Crippen LogP contribution in [0.2, 0.25) is 0 Å². The summed E-state index contributed by atoms with van der Waals surface area (Å²) in [6.07, 6.45) is 1.42. The zero-order valence-electron chi connectivity index (χ0n) is 18.2. The van der Waals surface area contributed by atoms with Crippen molar-refractivity contribution in [2.75, 3.05) is 13.2 Å². The Labute approximate surface area is 190 Å². The molecule has 0 saturated heterocycles. The van der Waals surface area contributed by atoms with Crippen LogP contribution in [0.5, 0.6) is 17.2 Å². The monoisotopic (exact) mass is 450 g/mol. The molecule has 0 aliphatic carbocycles. The molecule has 0 saturated carbocycles. The fourth-order valence-corrected chi connectivity index (χ4v) is 2.80. The molecular formula is C25H23FN2O5. The van der Waals surface area contributed by atoms with Crippen molar-refractivity contribution < 1.29 is 28.2 Å². The van der Waals surface area contributed by atoms with E-state index in [4.69, 9.17) is 14.2 Å². The first-order chi connectivity index (χ1) is 16.0. The van der Waals surface area contributed by atoms with Crippen molar-refractivity contribution in [3.8, 4) is 17.2 Å². The number of amides is 1. The van der Waals surface area contributed by atoms with Crippen LogP contribution in [0, 0.1) is 5.82 Å². The van der Waals surface area contributed by atoms with Crippen LogP contribution in [-0.4, -0.2) is 31.3 Å². The lowest BCUT2D eigenvalue weighted by Gasteiger charge is -2.11. The van der Waals surface area contributed by atoms with Crippen LogP contribution in [0.15, 0.2) is 71.8 Å². The van der Waals surface area contributed by atoms with E-state index in [1.54, 1.807) is 42.5 Å². The number of esters is 1. The van der Waals surface area contributed by atoms with Crippen LogP contribution in [0.4, 0.5) is 4.39 Å². The largest absolute Gasteiger partial charge is 0.494 e. The molecule has 3 aromatic rings. The number of carbonyl (C=O) groups excluding carboxylic acids is 2. The predicted molar refractivity (Wildman–Crippen MR) is 122 cm³/mol. The van der Waals surface area contributed by atoms with Crippen molar-refractivity contribution in [2.45, 2.75) is 13.8 Å². The van der Waals surface area contributed by atoms with E-state index in [-0.39, 0.29) is 11.3 Å². The summed E-state index contributed by atoms with van der Waals surface area (Å²) in [6.45, 7) is 4.58.